The molecule has 148 valence electrons. The van der Waals surface area contributed by atoms with Gasteiger partial charge in [0.05, 0.1) is 17.5 Å². The second-order valence-corrected chi connectivity index (χ2v) is 7.64. The Balaban J connectivity index is 1.91. The van der Waals surface area contributed by atoms with Crippen LogP contribution in [-0.2, 0) is 16.9 Å². The largest absolute Gasteiger partial charge is 0.346 e. The number of hydrogen-bond acceptors (Lipinski definition) is 4. The van der Waals surface area contributed by atoms with Crippen LogP contribution in [0.3, 0.4) is 0 Å². The molecule has 3 amide bonds. The summed E-state index contributed by atoms with van der Waals surface area (Å²) in [7, 11) is 0. The maximum atomic E-state index is 13.1. The Bertz CT molecular complexity index is 922. The first-order valence-corrected chi connectivity index (χ1v) is 9.67. The number of urea groups is 1. The molecule has 8 heteroatoms. The zero-order valence-electron chi connectivity index (χ0n) is 16.4. The van der Waals surface area contributed by atoms with Crippen molar-refractivity contribution in [3.8, 4) is 0 Å². The highest BCUT2D eigenvalue weighted by molar-refractivity contribution is 6.32. The number of carbonyl (C=O) groups excluding carboxylic acids is 2. The molecular weight excluding hydrogens is 378 g/mol. The number of hydrogen-bond donors (Lipinski definition) is 1. The van der Waals surface area contributed by atoms with Gasteiger partial charge in [-0.3, -0.25) is 9.48 Å². The van der Waals surface area contributed by atoms with Crippen molar-refractivity contribution in [3.63, 3.8) is 0 Å². The first kappa shape index (κ1) is 20.1. The predicted octanol–water partition coefficient (Wildman–Crippen LogP) is 3.69. The van der Waals surface area contributed by atoms with E-state index in [1.807, 2.05) is 44.2 Å². The van der Waals surface area contributed by atoms with E-state index in [9.17, 15) is 9.59 Å². The summed E-state index contributed by atoms with van der Waals surface area (Å²) < 4.78 is 1.70. The summed E-state index contributed by atoms with van der Waals surface area (Å²) in [5, 5.41) is 12.7. The van der Waals surface area contributed by atoms with Gasteiger partial charge in [-0.1, -0.05) is 62.7 Å². The minimum Gasteiger partial charge on any atom is -0.318 e. The topological polar surface area (TPSA) is 79.6 Å². The van der Waals surface area contributed by atoms with E-state index >= 15 is 0 Å². The lowest BCUT2D eigenvalue weighted by molar-refractivity contribution is -0.131. The van der Waals surface area contributed by atoms with Gasteiger partial charge in [0.2, 0.25) is 0 Å². The molecule has 1 atom stereocenters. The smallest absolute Gasteiger partial charge is 0.318 e. The van der Waals surface area contributed by atoms with Crippen molar-refractivity contribution in [1.82, 2.24) is 20.1 Å². The Hall–Kier alpha value is -2.67. The molecule has 1 aliphatic heterocycles. The molecule has 0 unspecified atom stereocenters. The molecule has 0 aliphatic carbocycles. The van der Waals surface area contributed by atoms with Crippen molar-refractivity contribution in [2.24, 2.45) is 11.0 Å². The molecule has 1 saturated heterocycles. The van der Waals surface area contributed by atoms with Crippen LogP contribution in [0.1, 0.15) is 44.0 Å². The average molecular weight is 402 g/mol. The fourth-order valence-electron chi connectivity index (χ4n) is 3.33. The summed E-state index contributed by atoms with van der Waals surface area (Å²) in [4.78, 5) is 25.6. The van der Waals surface area contributed by atoms with Crippen molar-refractivity contribution in [3.05, 3.63) is 52.3 Å². The molecule has 1 aliphatic rings. The number of benzene rings is 1. The van der Waals surface area contributed by atoms with Crippen LogP contribution < -0.4 is 5.32 Å². The van der Waals surface area contributed by atoms with Gasteiger partial charge >= 0.3 is 6.03 Å². The molecule has 28 heavy (non-hydrogen) atoms. The third-order valence-electron chi connectivity index (χ3n) is 4.82. The van der Waals surface area contributed by atoms with E-state index in [0.29, 0.717) is 35.3 Å². The SMILES string of the molecule is CC[C@]1(c2ccccc2)NC(=O)N(/N=C\c2c(C)nn(CC(C)C)c2Cl)C1=O. The van der Waals surface area contributed by atoms with Crippen molar-refractivity contribution < 1.29 is 9.59 Å². The van der Waals surface area contributed by atoms with Crippen LogP contribution in [-0.4, -0.2) is 32.9 Å². The van der Waals surface area contributed by atoms with Crippen LogP contribution in [0.15, 0.2) is 35.4 Å². The van der Waals surface area contributed by atoms with Crippen LogP contribution in [0.5, 0.6) is 0 Å². The van der Waals surface area contributed by atoms with Crippen LogP contribution in [0.25, 0.3) is 0 Å². The first-order chi connectivity index (χ1) is 13.3. The number of imide groups is 1. The van der Waals surface area contributed by atoms with Crippen LogP contribution in [0, 0.1) is 12.8 Å². The third kappa shape index (κ3) is 3.42. The lowest BCUT2D eigenvalue weighted by atomic mass is 9.87. The van der Waals surface area contributed by atoms with Crippen LogP contribution in [0.2, 0.25) is 5.15 Å². The first-order valence-electron chi connectivity index (χ1n) is 9.29. The van der Waals surface area contributed by atoms with Gasteiger partial charge in [-0.05, 0) is 24.8 Å². The highest BCUT2D eigenvalue weighted by Crippen LogP contribution is 2.32. The summed E-state index contributed by atoms with van der Waals surface area (Å²) in [5.74, 6) is -0.0330. The molecule has 3 rings (SSSR count). The Labute approximate surface area is 169 Å². The normalized spacial score (nSPS) is 19.9. The Kier molecular flexibility index (Phi) is 5.56. The van der Waals surface area contributed by atoms with Gasteiger partial charge in [-0.2, -0.15) is 10.2 Å². The van der Waals surface area contributed by atoms with E-state index in [0.717, 1.165) is 10.6 Å². The summed E-state index contributed by atoms with van der Waals surface area (Å²) in [6, 6.07) is 8.63. The Morgan fingerprint density at radius 1 is 1.29 bits per heavy atom. The van der Waals surface area contributed by atoms with Crippen molar-refractivity contribution in [2.45, 2.75) is 46.2 Å². The van der Waals surface area contributed by atoms with Gasteiger partial charge < -0.3 is 5.32 Å². The second kappa shape index (κ2) is 7.75. The van der Waals surface area contributed by atoms with E-state index in [1.54, 1.807) is 4.68 Å². The van der Waals surface area contributed by atoms with Crippen LogP contribution in [0.4, 0.5) is 4.79 Å². The highest BCUT2D eigenvalue weighted by Gasteiger charge is 2.51. The summed E-state index contributed by atoms with van der Waals surface area (Å²) >= 11 is 6.42. The quantitative estimate of drug-likeness (QED) is 0.592. The van der Waals surface area contributed by atoms with E-state index < -0.39 is 17.5 Å². The summed E-state index contributed by atoms with van der Waals surface area (Å²) in [6.45, 7) is 8.49. The Morgan fingerprint density at radius 3 is 2.57 bits per heavy atom. The molecule has 2 heterocycles. The molecule has 1 aromatic heterocycles. The monoisotopic (exact) mass is 401 g/mol. The van der Waals surface area contributed by atoms with Crippen LogP contribution >= 0.6 is 11.6 Å². The highest BCUT2D eigenvalue weighted by atomic mass is 35.5. The zero-order chi connectivity index (χ0) is 20.5. The average Bonchev–Trinajstić information content (AvgIpc) is 3.07. The molecule has 2 aromatic rings. The summed E-state index contributed by atoms with van der Waals surface area (Å²) in [6.07, 6.45) is 1.84. The number of nitrogens with one attached hydrogen (secondary N) is 1. The molecule has 0 saturated carbocycles. The van der Waals surface area contributed by atoms with Gasteiger partial charge in [-0.25, -0.2) is 4.79 Å². The maximum absolute atomic E-state index is 13.1. The number of aromatic nitrogens is 2. The Morgan fingerprint density at radius 2 is 1.96 bits per heavy atom. The van der Waals surface area contributed by atoms with E-state index in [2.05, 4.69) is 29.4 Å². The molecule has 1 N–H and O–H groups in total. The number of halogens is 1. The second-order valence-electron chi connectivity index (χ2n) is 7.28. The van der Waals surface area contributed by atoms with E-state index in [4.69, 9.17) is 11.6 Å². The number of rotatable bonds is 6. The minimum atomic E-state index is -1.11. The molecule has 0 bridgehead atoms. The van der Waals surface area contributed by atoms with E-state index in [1.165, 1.54) is 6.21 Å². The fourth-order valence-corrected chi connectivity index (χ4v) is 3.62. The molecular formula is C20H24ClN5O2. The molecule has 1 fully saturated rings. The molecule has 1 aromatic carbocycles. The van der Waals surface area contributed by atoms with E-state index in [-0.39, 0.29) is 0 Å². The van der Waals surface area contributed by atoms with Crippen molar-refractivity contribution in [2.75, 3.05) is 0 Å². The van der Waals surface area contributed by atoms with Crippen molar-refractivity contribution in [1.29, 1.82) is 0 Å². The van der Waals surface area contributed by atoms with Gasteiger partial charge in [0.15, 0.2) is 0 Å². The number of aryl methyl sites for hydroxylation is 1. The minimum absolute atomic E-state index is 0.378. The maximum Gasteiger partial charge on any atom is 0.346 e. The summed E-state index contributed by atoms with van der Waals surface area (Å²) in [5.41, 5.74) is 0.895. The lowest BCUT2D eigenvalue weighted by Crippen LogP contribution is -2.43. The van der Waals surface area contributed by atoms with Gasteiger partial charge in [0.25, 0.3) is 5.91 Å². The number of nitrogens with zero attached hydrogens (tertiary/aromatic N) is 4. The zero-order valence-corrected chi connectivity index (χ0v) is 17.2. The molecule has 0 radical (unpaired) electrons. The number of amides is 3. The predicted molar refractivity (Wildman–Crippen MR) is 108 cm³/mol. The lowest BCUT2D eigenvalue weighted by Gasteiger charge is -2.24. The van der Waals surface area contributed by atoms with Gasteiger partial charge in [-0.15, -0.1) is 5.01 Å². The van der Waals surface area contributed by atoms with Gasteiger partial charge in [0.1, 0.15) is 10.7 Å². The third-order valence-corrected chi connectivity index (χ3v) is 5.22. The van der Waals surface area contributed by atoms with Crippen molar-refractivity contribution >= 4 is 29.8 Å². The molecule has 0 spiro atoms. The molecule has 7 nitrogen and oxygen atoms in total. The fraction of sp³-hybridized carbons (Fsp3) is 0.400. The number of carbonyl (C=O) groups is 2. The number of hydrazone groups is 1. The standard InChI is InChI=1S/C20H24ClN5O2/c1-5-20(15-9-7-6-8-10-15)18(27)26(19(28)23-20)22-11-16-14(4)24-25(17(16)21)12-13(2)3/h6-11,13H,5,12H2,1-4H3,(H,23,28)/b22-11-/t20-/m1/s1. The van der Waals surface area contributed by atoms with Gasteiger partial charge in [0, 0.05) is 6.54 Å².